The van der Waals surface area contributed by atoms with Crippen LogP contribution < -0.4 is 10.1 Å². The molecule has 1 amide bonds. The van der Waals surface area contributed by atoms with Gasteiger partial charge in [0.25, 0.3) is 0 Å². The number of fused-ring (bicyclic) bond motifs is 1. The largest absolute Gasteiger partial charge is 0.493 e. The van der Waals surface area contributed by atoms with Crippen molar-refractivity contribution in [2.24, 2.45) is 0 Å². The van der Waals surface area contributed by atoms with E-state index in [2.05, 4.69) is 5.32 Å². The molecule has 1 aliphatic heterocycles. The Kier molecular flexibility index (Phi) is 6.28. The summed E-state index contributed by atoms with van der Waals surface area (Å²) >= 11 is 0. The van der Waals surface area contributed by atoms with E-state index in [1.165, 1.54) is 0 Å². The lowest BCUT2D eigenvalue weighted by Crippen LogP contribution is -2.43. The molecule has 2 unspecified atom stereocenters. The fourth-order valence-corrected chi connectivity index (χ4v) is 2.99. The molecule has 2 rings (SSSR count). The van der Waals surface area contributed by atoms with Gasteiger partial charge in [-0.15, -0.1) is 0 Å². The number of carboxylic acid groups (broad SMARTS) is 1. The van der Waals surface area contributed by atoms with Gasteiger partial charge in [-0.1, -0.05) is 18.2 Å². The standard InChI is InChI=1S/C19H27NO5/c1-19(2,3)25-18(23)20-15(17(21)22)11-10-13-7-6-12-24-16-9-5-4-8-14(13)16/h4-5,8-9,13,15H,6-7,10-12H2,1-3H3,(H,20,23)(H,21,22). The molecule has 1 heterocycles. The van der Waals surface area contributed by atoms with Crippen molar-refractivity contribution in [3.05, 3.63) is 29.8 Å². The quantitative estimate of drug-likeness (QED) is 0.846. The van der Waals surface area contributed by atoms with Gasteiger partial charge in [0, 0.05) is 0 Å². The average molecular weight is 349 g/mol. The van der Waals surface area contributed by atoms with Crippen LogP contribution in [0, 0.1) is 0 Å². The zero-order valence-corrected chi connectivity index (χ0v) is 15.1. The van der Waals surface area contributed by atoms with Crippen molar-refractivity contribution in [1.29, 1.82) is 0 Å². The third kappa shape index (κ3) is 5.96. The predicted octanol–water partition coefficient (Wildman–Crippen LogP) is 3.70. The third-order valence-corrected chi connectivity index (χ3v) is 4.11. The number of benzene rings is 1. The molecule has 0 fully saturated rings. The molecular formula is C19H27NO5. The zero-order chi connectivity index (χ0) is 18.4. The van der Waals surface area contributed by atoms with Crippen LogP contribution in [0.5, 0.6) is 5.75 Å². The summed E-state index contributed by atoms with van der Waals surface area (Å²) in [5, 5.41) is 11.9. The van der Waals surface area contributed by atoms with E-state index in [0.29, 0.717) is 19.4 Å². The highest BCUT2D eigenvalue weighted by atomic mass is 16.6. The van der Waals surface area contributed by atoms with Gasteiger partial charge >= 0.3 is 12.1 Å². The van der Waals surface area contributed by atoms with Crippen LogP contribution in [0.4, 0.5) is 4.79 Å². The van der Waals surface area contributed by atoms with E-state index in [9.17, 15) is 14.7 Å². The van der Waals surface area contributed by atoms with Gasteiger partial charge in [0.2, 0.25) is 0 Å². The number of ether oxygens (including phenoxy) is 2. The van der Waals surface area contributed by atoms with Crippen molar-refractivity contribution in [2.45, 2.75) is 64.0 Å². The number of carboxylic acids is 1. The van der Waals surface area contributed by atoms with Crippen LogP contribution in [0.25, 0.3) is 0 Å². The van der Waals surface area contributed by atoms with Crippen LogP contribution >= 0.6 is 0 Å². The minimum absolute atomic E-state index is 0.223. The topological polar surface area (TPSA) is 84.9 Å². The molecule has 1 aromatic carbocycles. The summed E-state index contributed by atoms with van der Waals surface area (Å²) in [6, 6.07) is 6.91. The van der Waals surface area contributed by atoms with E-state index in [1.807, 2.05) is 24.3 Å². The van der Waals surface area contributed by atoms with Crippen molar-refractivity contribution >= 4 is 12.1 Å². The highest BCUT2D eigenvalue weighted by Crippen LogP contribution is 2.36. The Balaban J connectivity index is 1.99. The van der Waals surface area contributed by atoms with Crippen molar-refractivity contribution in [3.8, 4) is 5.75 Å². The molecule has 2 atom stereocenters. The van der Waals surface area contributed by atoms with Gasteiger partial charge in [0.15, 0.2) is 0 Å². The Hall–Kier alpha value is -2.24. The van der Waals surface area contributed by atoms with Gasteiger partial charge in [0.05, 0.1) is 6.61 Å². The van der Waals surface area contributed by atoms with Crippen LogP contribution in [0.1, 0.15) is 57.9 Å². The Morgan fingerprint density at radius 2 is 2.08 bits per heavy atom. The second-order valence-electron chi connectivity index (χ2n) is 7.34. The number of alkyl carbamates (subject to hydrolysis) is 1. The van der Waals surface area contributed by atoms with Crippen LogP contribution in [-0.4, -0.2) is 35.4 Å². The van der Waals surface area contributed by atoms with Crippen LogP contribution in [-0.2, 0) is 9.53 Å². The smallest absolute Gasteiger partial charge is 0.408 e. The molecule has 0 saturated heterocycles. The summed E-state index contributed by atoms with van der Waals surface area (Å²) in [7, 11) is 0. The molecular weight excluding hydrogens is 322 g/mol. The molecule has 1 aliphatic rings. The van der Waals surface area contributed by atoms with Crippen LogP contribution in [0.3, 0.4) is 0 Å². The monoisotopic (exact) mass is 349 g/mol. The summed E-state index contributed by atoms with van der Waals surface area (Å²) in [5.41, 5.74) is 0.450. The first-order chi connectivity index (χ1) is 11.8. The maximum absolute atomic E-state index is 11.9. The number of amides is 1. The lowest BCUT2D eigenvalue weighted by Gasteiger charge is -2.23. The number of para-hydroxylation sites is 1. The maximum atomic E-state index is 11.9. The van der Waals surface area contributed by atoms with Gasteiger partial charge in [-0.2, -0.15) is 0 Å². The Labute approximate surface area is 148 Å². The number of carbonyl (C=O) groups is 2. The molecule has 2 N–H and O–H groups in total. The molecule has 138 valence electrons. The second kappa shape index (κ2) is 8.23. The van der Waals surface area contributed by atoms with E-state index in [-0.39, 0.29) is 5.92 Å². The highest BCUT2D eigenvalue weighted by molar-refractivity contribution is 5.79. The van der Waals surface area contributed by atoms with Gasteiger partial charge in [-0.3, -0.25) is 0 Å². The number of carbonyl (C=O) groups excluding carboxylic acids is 1. The molecule has 6 heteroatoms. The fourth-order valence-electron chi connectivity index (χ4n) is 2.99. The van der Waals surface area contributed by atoms with Crippen molar-refractivity contribution < 1.29 is 24.2 Å². The van der Waals surface area contributed by atoms with Crippen molar-refractivity contribution in [3.63, 3.8) is 0 Å². The lowest BCUT2D eigenvalue weighted by atomic mass is 9.88. The SMILES string of the molecule is CC(C)(C)OC(=O)NC(CCC1CCCOc2ccccc21)C(=O)O. The molecule has 0 aliphatic carbocycles. The molecule has 6 nitrogen and oxygen atoms in total. The summed E-state index contributed by atoms with van der Waals surface area (Å²) in [6.45, 7) is 5.90. The maximum Gasteiger partial charge on any atom is 0.408 e. The van der Waals surface area contributed by atoms with Gasteiger partial charge in [-0.05, 0) is 64.0 Å². The van der Waals surface area contributed by atoms with E-state index in [0.717, 1.165) is 24.2 Å². The summed E-state index contributed by atoms with van der Waals surface area (Å²) < 4.78 is 10.9. The predicted molar refractivity (Wildman–Crippen MR) is 93.9 cm³/mol. The number of hydrogen-bond acceptors (Lipinski definition) is 4. The minimum atomic E-state index is -1.05. The minimum Gasteiger partial charge on any atom is -0.493 e. The van der Waals surface area contributed by atoms with Crippen LogP contribution in [0.15, 0.2) is 24.3 Å². The van der Waals surface area contributed by atoms with E-state index < -0.39 is 23.7 Å². The number of hydrogen-bond donors (Lipinski definition) is 2. The first-order valence-corrected chi connectivity index (χ1v) is 8.70. The number of nitrogens with one attached hydrogen (secondary N) is 1. The zero-order valence-electron chi connectivity index (χ0n) is 15.1. The fraction of sp³-hybridized carbons (Fsp3) is 0.579. The molecule has 25 heavy (non-hydrogen) atoms. The Bertz CT molecular complexity index is 608. The third-order valence-electron chi connectivity index (χ3n) is 4.11. The highest BCUT2D eigenvalue weighted by Gasteiger charge is 2.26. The second-order valence-corrected chi connectivity index (χ2v) is 7.34. The number of rotatable bonds is 5. The summed E-state index contributed by atoms with van der Waals surface area (Å²) in [4.78, 5) is 23.4. The van der Waals surface area contributed by atoms with Crippen LogP contribution in [0.2, 0.25) is 0 Å². The van der Waals surface area contributed by atoms with Gasteiger partial charge in [0.1, 0.15) is 17.4 Å². The Morgan fingerprint density at radius 1 is 1.36 bits per heavy atom. The molecule has 0 radical (unpaired) electrons. The average Bonchev–Trinajstić information content (AvgIpc) is 2.71. The molecule has 1 aromatic rings. The van der Waals surface area contributed by atoms with E-state index in [4.69, 9.17) is 9.47 Å². The number of aliphatic carboxylic acids is 1. The summed E-state index contributed by atoms with van der Waals surface area (Å²) in [6.07, 6.45) is 2.16. The lowest BCUT2D eigenvalue weighted by molar-refractivity contribution is -0.139. The molecule has 0 spiro atoms. The van der Waals surface area contributed by atoms with Crippen molar-refractivity contribution in [2.75, 3.05) is 6.61 Å². The molecule has 0 aromatic heterocycles. The first kappa shape index (κ1) is 19.1. The van der Waals surface area contributed by atoms with E-state index in [1.54, 1.807) is 20.8 Å². The normalized spacial score (nSPS) is 18.3. The van der Waals surface area contributed by atoms with Crippen molar-refractivity contribution in [1.82, 2.24) is 5.32 Å². The summed E-state index contributed by atoms with van der Waals surface area (Å²) in [5.74, 6) is 0.0435. The van der Waals surface area contributed by atoms with Gasteiger partial charge in [-0.25, -0.2) is 9.59 Å². The first-order valence-electron chi connectivity index (χ1n) is 8.70. The Morgan fingerprint density at radius 3 is 2.76 bits per heavy atom. The van der Waals surface area contributed by atoms with E-state index >= 15 is 0 Å². The molecule has 0 saturated carbocycles. The van der Waals surface area contributed by atoms with Gasteiger partial charge < -0.3 is 19.9 Å². The molecule has 0 bridgehead atoms.